The molecule has 0 atom stereocenters. The van der Waals surface area contributed by atoms with Gasteiger partial charge in [-0.15, -0.1) is 0 Å². The number of benzene rings is 1. The molecule has 4 nitrogen and oxygen atoms in total. The Morgan fingerprint density at radius 3 is 2.75 bits per heavy atom. The number of hydrogen-bond acceptors (Lipinski definition) is 3. The Balaban J connectivity index is 2.93. The molecule has 1 rings (SSSR count). The Kier molecular flexibility index (Phi) is 3.49. The zero-order valence-electron chi connectivity index (χ0n) is 9.25. The monoisotopic (exact) mass is 226 g/mol. The van der Waals surface area contributed by atoms with E-state index in [0.29, 0.717) is 0 Å². The zero-order valence-corrected chi connectivity index (χ0v) is 9.25. The largest absolute Gasteiger partial charge is 0.507 e. The second kappa shape index (κ2) is 4.49. The van der Waals surface area contributed by atoms with Crippen molar-refractivity contribution in [1.29, 1.82) is 0 Å². The van der Waals surface area contributed by atoms with Gasteiger partial charge in [0.05, 0.1) is 5.56 Å². The number of carbonyl (C=O) groups excluding carboxylic acids is 1. The SMILES string of the molecule is CC(C)(CN)NC(=O)c1cc(F)ccc1O. The number of aromatic hydroxyl groups is 1. The predicted octanol–water partition coefficient (Wildman–Crippen LogP) is 0.998. The Hall–Kier alpha value is -1.62. The van der Waals surface area contributed by atoms with Crippen LogP contribution in [-0.4, -0.2) is 23.1 Å². The minimum Gasteiger partial charge on any atom is -0.507 e. The number of rotatable bonds is 3. The summed E-state index contributed by atoms with van der Waals surface area (Å²) in [4.78, 5) is 11.7. The highest BCUT2D eigenvalue weighted by Crippen LogP contribution is 2.18. The Bertz CT molecular complexity index is 405. The fourth-order valence-corrected chi connectivity index (χ4v) is 1.12. The molecule has 1 aromatic rings. The highest BCUT2D eigenvalue weighted by atomic mass is 19.1. The second-order valence-electron chi connectivity index (χ2n) is 4.20. The molecule has 88 valence electrons. The van der Waals surface area contributed by atoms with Gasteiger partial charge in [0.2, 0.25) is 0 Å². The molecule has 0 aliphatic carbocycles. The van der Waals surface area contributed by atoms with Crippen molar-refractivity contribution in [3.05, 3.63) is 29.6 Å². The highest BCUT2D eigenvalue weighted by molar-refractivity contribution is 5.97. The van der Waals surface area contributed by atoms with Crippen molar-refractivity contribution in [3.8, 4) is 5.75 Å². The lowest BCUT2D eigenvalue weighted by Gasteiger charge is -2.24. The van der Waals surface area contributed by atoms with E-state index in [9.17, 15) is 14.3 Å². The molecule has 1 amide bonds. The average Bonchev–Trinajstić information content (AvgIpc) is 2.21. The minimum atomic E-state index is -0.601. The number of nitrogens with two attached hydrogens (primary N) is 1. The molecule has 0 bridgehead atoms. The van der Waals surface area contributed by atoms with Gasteiger partial charge in [-0.2, -0.15) is 0 Å². The highest BCUT2D eigenvalue weighted by Gasteiger charge is 2.21. The predicted molar refractivity (Wildman–Crippen MR) is 58.7 cm³/mol. The van der Waals surface area contributed by atoms with E-state index in [1.54, 1.807) is 13.8 Å². The molecule has 16 heavy (non-hydrogen) atoms. The first kappa shape index (κ1) is 12.4. The van der Waals surface area contributed by atoms with E-state index in [1.807, 2.05) is 0 Å². The molecule has 4 N–H and O–H groups in total. The van der Waals surface area contributed by atoms with Crippen molar-refractivity contribution in [1.82, 2.24) is 5.32 Å². The molecule has 0 fully saturated rings. The number of hydrogen-bond donors (Lipinski definition) is 3. The van der Waals surface area contributed by atoms with Crippen molar-refractivity contribution >= 4 is 5.91 Å². The van der Waals surface area contributed by atoms with Crippen molar-refractivity contribution in [2.45, 2.75) is 19.4 Å². The second-order valence-corrected chi connectivity index (χ2v) is 4.20. The molecular weight excluding hydrogens is 211 g/mol. The van der Waals surface area contributed by atoms with Crippen LogP contribution in [0, 0.1) is 5.82 Å². The van der Waals surface area contributed by atoms with Crippen LogP contribution < -0.4 is 11.1 Å². The molecule has 0 aromatic heterocycles. The van der Waals surface area contributed by atoms with Crippen LogP contribution in [0.2, 0.25) is 0 Å². The maximum absolute atomic E-state index is 12.9. The minimum absolute atomic E-state index is 0.0958. The summed E-state index contributed by atoms with van der Waals surface area (Å²) in [6.45, 7) is 3.72. The summed E-state index contributed by atoms with van der Waals surface area (Å²) in [5.41, 5.74) is 4.75. The summed E-state index contributed by atoms with van der Waals surface area (Å²) < 4.78 is 12.9. The number of phenolic OH excluding ortho intramolecular Hbond substituents is 1. The Morgan fingerprint density at radius 1 is 1.56 bits per heavy atom. The standard InChI is InChI=1S/C11H15FN2O2/c1-11(2,6-13)14-10(16)8-5-7(12)3-4-9(8)15/h3-5,15H,6,13H2,1-2H3,(H,14,16). The van der Waals surface area contributed by atoms with Crippen molar-refractivity contribution in [3.63, 3.8) is 0 Å². The topological polar surface area (TPSA) is 75.3 Å². The van der Waals surface area contributed by atoms with Crippen LogP contribution in [0.4, 0.5) is 4.39 Å². The Morgan fingerprint density at radius 2 is 2.19 bits per heavy atom. The van der Waals surface area contributed by atoms with Crippen molar-refractivity contribution < 1.29 is 14.3 Å². The lowest BCUT2D eigenvalue weighted by Crippen LogP contribution is -2.48. The number of amides is 1. The first-order valence-corrected chi connectivity index (χ1v) is 4.87. The van der Waals surface area contributed by atoms with Crippen LogP contribution in [0.3, 0.4) is 0 Å². The van der Waals surface area contributed by atoms with E-state index in [-0.39, 0.29) is 17.9 Å². The van der Waals surface area contributed by atoms with Gasteiger partial charge in [-0.1, -0.05) is 0 Å². The third kappa shape index (κ3) is 2.93. The van der Waals surface area contributed by atoms with Gasteiger partial charge in [0.25, 0.3) is 5.91 Å². The van der Waals surface area contributed by atoms with E-state index in [2.05, 4.69) is 5.32 Å². The molecule has 1 aromatic carbocycles. The number of nitrogens with one attached hydrogen (secondary N) is 1. The van der Waals surface area contributed by atoms with Crippen LogP contribution in [0.5, 0.6) is 5.75 Å². The summed E-state index contributed by atoms with van der Waals surface area (Å²) in [5.74, 6) is -1.38. The molecule has 0 unspecified atom stereocenters. The van der Waals surface area contributed by atoms with Gasteiger partial charge in [0.1, 0.15) is 11.6 Å². The van der Waals surface area contributed by atoms with Gasteiger partial charge in [-0.3, -0.25) is 4.79 Å². The lowest BCUT2D eigenvalue weighted by atomic mass is 10.0. The normalized spacial score (nSPS) is 11.2. The number of halogens is 1. The van der Waals surface area contributed by atoms with Gasteiger partial charge in [-0.05, 0) is 32.0 Å². The fourth-order valence-electron chi connectivity index (χ4n) is 1.12. The quantitative estimate of drug-likeness (QED) is 0.719. The summed E-state index contributed by atoms with van der Waals surface area (Å²) in [5, 5.41) is 12.0. The first-order chi connectivity index (χ1) is 7.35. The molecular formula is C11H15FN2O2. The third-order valence-electron chi connectivity index (χ3n) is 2.17. The zero-order chi connectivity index (χ0) is 12.3. The summed E-state index contributed by atoms with van der Waals surface area (Å²) >= 11 is 0. The van der Waals surface area contributed by atoms with Crippen molar-refractivity contribution in [2.24, 2.45) is 5.73 Å². The van der Waals surface area contributed by atoms with Gasteiger partial charge >= 0.3 is 0 Å². The van der Waals surface area contributed by atoms with E-state index in [1.165, 1.54) is 0 Å². The molecule has 0 radical (unpaired) electrons. The van der Waals surface area contributed by atoms with E-state index in [0.717, 1.165) is 18.2 Å². The third-order valence-corrected chi connectivity index (χ3v) is 2.17. The van der Waals surface area contributed by atoms with Gasteiger partial charge in [0, 0.05) is 12.1 Å². The maximum Gasteiger partial charge on any atom is 0.255 e. The maximum atomic E-state index is 12.9. The van der Waals surface area contributed by atoms with Gasteiger partial charge in [0.15, 0.2) is 0 Å². The molecule has 0 spiro atoms. The van der Waals surface area contributed by atoms with Crippen LogP contribution in [0.15, 0.2) is 18.2 Å². The van der Waals surface area contributed by atoms with Gasteiger partial charge < -0.3 is 16.2 Å². The molecule has 0 saturated heterocycles. The summed E-state index contributed by atoms with van der Waals surface area (Å²) in [7, 11) is 0. The molecule has 5 heteroatoms. The lowest BCUT2D eigenvalue weighted by molar-refractivity contribution is 0.0912. The van der Waals surface area contributed by atoms with Crippen LogP contribution in [0.25, 0.3) is 0 Å². The summed E-state index contributed by atoms with van der Waals surface area (Å²) in [6, 6.07) is 3.21. The first-order valence-electron chi connectivity index (χ1n) is 4.87. The average molecular weight is 226 g/mol. The van der Waals surface area contributed by atoms with E-state index in [4.69, 9.17) is 5.73 Å². The molecule has 0 aliphatic heterocycles. The molecule has 0 heterocycles. The molecule has 0 aliphatic rings. The van der Waals surface area contributed by atoms with Crippen molar-refractivity contribution in [2.75, 3.05) is 6.54 Å². The Labute approximate surface area is 93.3 Å². The number of carbonyl (C=O) groups is 1. The van der Waals surface area contributed by atoms with Crippen LogP contribution >= 0.6 is 0 Å². The molecule has 0 saturated carbocycles. The van der Waals surface area contributed by atoms with Gasteiger partial charge in [-0.25, -0.2) is 4.39 Å². The van der Waals surface area contributed by atoms with E-state index < -0.39 is 17.3 Å². The van der Waals surface area contributed by atoms with Crippen LogP contribution in [-0.2, 0) is 0 Å². The smallest absolute Gasteiger partial charge is 0.255 e. The summed E-state index contributed by atoms with van der Waals surface area (Å²) in [6.07, 6.45) is 0. The number of phenols is 1. The fraction of sp³-hybridized carbons (Fsp3) is 0.364. The van der Waals surface area contributed by atoms with Crippen LogP contribution in [0.1, 0.15) is 24.2 Å². The van der Waals surface area contributed by atoms with E-state index >= 15 is 0 Å².